The Morgan fingerprint density at radius 1 is 1.00 bits per heavy atom. The number of hydrogen-bond donors (Lipinski definition) is 0. The first-order chi connectivity index (χ1) is 14.8. The lowest BCUT2D eigenvalue weighted by molar-refractivity contribution is 0.0887. The van der Waals surface area contributed by atoms with Gasteiger partial charge >= 0.3 is 0 Å². The number of nitrogens with zero attached hydrogens (tertiary/aromatic N) is 4. The van der Waals surface area contributed by atoms with Crippen LogP contribution in [0.2, 0.25) is 0 Å². The highest BCUT2D eigenvalue weighted by Crippen LogP contribution is 2.29. The van der Waals surface area contributed by atoms with E-state index in [-0.39, 0.29) is 0 Å². The molecule has 1 aromatic heterocycles. The van der Waals surface area contributed by atoms with Crippen LogP contribution in [0.15, 0.2) is 24.3 Å². The molecule has 2 aliphatic heterocycles. The van der Waals surface area contributed by atoms with Gasteiger partial charge in [0.1, 0.15) is 10.8 Å². The van der Waals surface area contributed by atoms with Gasteiger partial charge in [0.2, 0.25) is 0 Å². The van der Waals surface area contributed by atoms with Gasteiger partial charge in [-0.2, -0.15) is 0 Å². The molecule has 0 bridgehead atoms. The van der Waals surface area contributed by atoms with E-state index in [1.54, 1.807) is 12.0 Å². The second kappa shape index (κ2) is 9.25. The standard InChI is InChI=1S/C24H34N4OS/c1-29-21-10-8-19(9-11-21)27-13-15-28(16-14-27)20-5-4-12-26(17-20)18-24-25-22-6-2-3-7-23(22)30-24/h8-11,20H,2-7,12-18H2,1H3/t20-/m0/s1. The number of methoxy groups -OCH3 is 1. The van der Waals surface area contributed by atoms with Gasteiger partial charge < -0.3 is 9.64 Å². The summed E-state index contributed by atoms with van der Waals surface area (Å²) in [4.78, 5) is 14.5. The fourth-order valence-corrected chi connectivity index (χ4v) is 6.47. The van der Waals surface area contributed by atoms with Crippen molar-refractivity contribution in [3.63, 3.8) is 0 Å². The molecule has 6 heteroatoms. The Morgan fingerprint density at radius 3 is 2.57 bits per heavy atom. The number of ether oxygens (including phenoxy) is 1. The first-order valence-corrected chi connectivity index (χ1v) is 12.4. The molecule has 3 aliphatic rings. The Bertz CT molecular complexity index is 805. The van der Waals surface area contributed by atoms with E-state index in [0.717, 1.165) is 38.5 Å². The molecule has 0 unspecified atom stereocenters. The monoisotopic (exact) mass is 426 g/mol. The number of thiazole rings is 1. The summed E-state index contributed by atoms with van der Waals surface area (Å²) in [6, 6.07) is 9.20. The number of benzene rings is 1. The van der Waals surface area contributed by atoms with Crippen LogP contribution in [0.3, 0.4) is 0 Å². The van der Waals surface area contributed by atoms with Crippen LogP contribution < -0.4 is 9.64 Å². The summed E-state index contributed by atoms with van der Waals surface area (Å²) in [5.41, 5.74) is 2.72. The molecule has 0 radical (unpaired) electrons. The zero-order chi connectivity index (χ0) is 20.3. The maximum atomic E-state index is 5.29. The van der Waals surface area contributed by atoms with Gasteiger partial charge in [-0.05, 0) is 69.3 Å². The minimum Gasteiger partial charge on any atom is -0.497 e. The van der Waals surface area contributed by atoms with Gasteiger partial charge in [0.05, 0.1) is 19.3 Å². The predicted octanol–water partition coefficient (Wildman–Crippen LogP) is 3.82. The maximum Gasteiger partial charge on any atom is 0.119 e. The summed E-state index contributed by atoms with van der Waals surface area (Å²) < 4.78 is 5.29. The molecule has 2 saturated heterocycles. The fraction of sp³-hybridized carbons (Fsp3) is 0.625. The lowest BCUT2D eigenvalue weighted by Gasteiger charge is -2.43. The molecule has 0 amide bonds. The molecule has 0 spiro atoms. The number of piperidine rings is 1. The van der Waals surface area contributed by atoms with Gasteiger partial charge in [-0.25, -0.2) is 4.98 Å². The summed E-state index contributed by atoms with van der Waals surface area (Å²) in [7, 11) is 1.73. The number of likely N-dealkylation sites (tertiary alicyclic amines) is 1. The molecule has 5 nitrogen and oxygen atoms in total. The quantitative estimate of drug-likeness (QED) is 0.726. The van der Waals surface area contributed by atoms with Crippen LogP contribution in [-0.2, 0) is 19.4 Å². The van der Waals surface area contributed by atoms with Gasteiger partial charge in [0.15, 0.2) is 0 Å². The summed E-state index contributed by atoms with van der Waals surface area (Å²) in [6.45, 7) is 8.04. The van der Waals surface area contributed by atoms with E-state index < -0.39 is 0 Å². The summed E-state index contributed by atoms with van der Waals surface area (Å²) in [5.74, 6) is 0.931. The third kappa shape index (κ3) is 4.51. The van der Waals surface area contributed by atoms with Crippen LogP contribution in [-0.4, -0.2) is 67.2 Å². The van der Waals surface area contributed by atoms with Crippen LogP contribution in [0.25, 0.3) is 0 Å². The molecule has 2 aromatic rings. The second-order valence-electron chi connectivity index (χ2n) is 8.94. The molecular weight excluding hydrogens is 392 g/mol. The Balaban J connectivity index is 1.14. The Hall–Kier alpha value is -1.63. The van der Waals surface area contributed by atoms with E-state index >= 15 is 0 Å². The van der Waals surface area contributed by atoms with E-state index in [9.17, 15) is 0 Å². The Labute approximate surface area is 184 Å². The average Bonchev–Trinajstić information content (AvgIpc) is 3.22. The first-order valence-electron chi connectivity index (χ1n) is 11.6. The van der Waals surface area contributed by atoms with Crippen molar-refractivity contribution < 1.29 is 4.74 Å². The van der Waals surface area contributed by atoms with E-state index in [4.69, 9.17) is 9.72 Å². The predicted molar refractivity (Wildman–Crippen MR) is 124 cm³/mol. The summed E-state index contributed by atoms with van der Waals surface area (Å²) >= 11 is 1.98. The lowest BCUT2D eigenvalue weighted by Crippen LogP contribution is -2.55. The normalized spacial score (nSPS) is 23.4. The molecule has 5 rings (SSSR count). The molecule has 30 heavy (non-hydrogen) atoms. The van der Waals surface area contributed by atoms with Gasteiger partial charge in [-0.1, -0.05) is 0 Å². The Kier molecular flexibility index (Phi) is 6.25. The van der Waals surface area contributed by atoms with Crippen LogP contribution >= 0.6 is 11.3 Å². The molecule has 0 saturated carbocycles. The van der Waals surface area contributed by atoms with Gasteiger partial charge in [0, 0.05) is 49.3 Å². The highest BCUT2D eigenvalue weighted by molar-refractivity contribution is 7.11. The molecule has 2 fully saturated rings. The minimum absolute atomic E-state index is 0.700. The van der Waals surface area contributed by atoms with Gasteiger partial charge in [-0.15, -0.1) is 11.3 Å². The smallest absolute Gasteiger partial charge is 0.119 e. The molecule has 1 aromatic carbocycles. The van der Waals surface area contributed by atoms with E-state index in [2.05, 4.69) is 39.0 Å². The number of anilines is 1. The van der Waals surface area contributed by atoms with Crippen molar-refractivity contribution in [2.45, 2.75) is 51.1 Å². The molecule has 162 valence electrons. The highest BCUT2D eigenvalue weighted by atomic mass is 32.1. The number of aromatic nitrogens is 1. The fourth-order valence-electron chi connectivity index (χ4n) is 5.28. The molecule has 3 heterocycles. The third-order valence-electron chi connectivity index (χ3n) is 7.00. The van der Waals surface area contributed by atoms with E-state index in [1.807, 2.05) is 11.3 Å². The number of hydrogen-bond acceptors (Lipinski definition) is 6. The Morgan fingerprint density at radius 2 is 1.80 bits per heavy atom. The van der Waals surface area contributed by atoms with Crippen molar-refractivity contribution in [2.24, 2.45) is 0 Å². The zero-order valence-corrected chi connectivity index (χ0v) is 19.0. The SMILES string of the molecule is COc1ccc(N2CCN([C@H]3CCCN(Cc4nc5c(s4)CCCC5)C3)CC2)cc1. The van der Waals surface area contributed by atoms with Crippen molar-refractivity contribution in [3.8, 4) is 5.75 Å². The summed E-state index contributed by atoms with van der Waals surface area (Å²) in [5, 5.41) is 1.35. The van der Waals surface area contributed by atoms with Crippen molar-refractivity contribution in [3.05, 3.63) is 39.8 Å². The van der Waals surface area contributed by atoms with Crippen LogP contribution in [0, 0.1) is 0 Å². The molecule has 0 N–H and O–H groups in total. The van der Waals surface area contributed by atoms with E-state index in [1.165, 1.54) is 68.0 Å². The topological polar surface area (TPSA) is 31.8 Å². The zero-order valence-electron chi connectivity index (χ0n) is 18.2. The number of fused-ring (bicyclic) bond motifs is 1. The van der Waals surface area contributed by atoms with Crippen molar-refractivity contribution in [1.29, 1.82) is 0 Å². The minimum atomic E-state index is 0.700. The largest absolute Gasteiger partial charge is 0.497 e. The van der Waals surface area contributed by atoms with Gasteiger partial charge in [0.25, 0.3) is 0 Å². The summed E-state index contributed by atoms with van der Waals surface area (Å²) in [6.07, 6.45) is 7.79. The first kappa shape index (κ1) is 20.3. The van der Waals surface area contributed by atoms with Crippen molar-refractivity contribution in [2.75, 3.05) is 51.3 Å². The van der Waals surface area contributed by atoms with Crippen LogP contribution in [0.1, 0.15) is 41.3 Å². The molecular formula is C24H34N4OS. The second-order valence-corrected chi connectivity index (χ2v) is 10.1. The number of rotatable bonds is 5. The van der Waals surface area contributed by atoms with Crippen LogP contribution in [0.4, 0.5) is 5.69 Å². The maximum absolute atomic E-state index is 5.29. The van der Waals surface area contributed by atoms with Crippen molar-refractivity contribution >= 4 is 17.0 Å². The van der Waals surface area contributed by atoms with Crippen LogP contribution in [0.5, 0.6) is 5.75 Å². The lowest BCUT2D eigenvalue weighted by atomic mass is 10.0. The average molecular weight is 427 g/mol. The third-order valence-corrected chi connectivity index (χ3v) is 8.14. The molecule has 1 aliphatic carbocycles. The van der Waals surface area contributed by atoms with Gasteiger partial charge in [-0.3, -0.25) is 9.80 Å². The number of aryl methyl sites for hydroxylation is 2. The highest BCUT2D eigenvalue weighted by Gasteiger charge is 2.29. The van der Waals surface area contributed by atoms with Crippen molar-refractivity contribution in [1.82, 2.24) is 14.8 Å². The van der Waals surface area contributed by atoms with E-state index in [0.29, 0.717) is 6.04 Å². The molecule has 1 atom stereocenters. The number of piperazine rings is 1.